The van der Waals surface area contributed by atoms with E-state index < -0.39 is 0 Å². The van der Waals surface area contributed by atoms with Crippen LogP contribution in [0.3, 0.4) is 0 Å². The van der Waals surface area contributed by atoms with Gasteiger partial charge in [0.15, 0.2) is 5.13 Å². The molecule has 3 aromatic rings. The van der Waals surface area contributed by atoms with Crippen molar-refractivity contribution in [2.24, 2.45) is 0 Å². The molecule has 5 heteroatoms. The van der Waals surface area contributed by atoms with Gasteiger partial charge in [0.2, 0.25) is 0 Å². The molecule has 134 valence electrons. The third-order valence-corrected chi connectivity index (χ3v) is 6.40. The number of hydrogen-bond donors (Lipinski definition) is 0. The molecule has 1 saturated heterocycles. The summed E-state index contributed by atoms with van der Waals surface area (Å²) in [6, 6.07) is 12.1. The number of carbonyl (C=O) groups is 1. The second-order valence-corrected chi connectivity index (χ2v) is 7.95. The van der Waals surface area contributed by atoms with Crippen molar-refractivity contribution in [3.05, 3.63) is 58.7 Å². The van der Waals surface area contributed by atoms with E-state index in [1.165, 1.54) is 15.8 Å². The van der Waals surface area contributed by atoms with E-state index in [-0.39, 0.29) is 5.91 Å². The van der Waals surface area contributed by atoms with Crippen LogP contribution in [0, 0.1) is 20.8 Å². The first kappa shape index (κ1) is 17.0. The van der Waals surface area contributed by atoms with Crippen LogP contribution in [0.1, 0.15) is 27.0 Å². The van der Waals surface area contributed by atoms with Crippen molar-refractivity contribution in [2.75, 3.05) is 31.1 Å². The smallest absolute Gasteiger partial charge is 0.254 e. The van der Waals surface area contributed by atoms with Crippen molar-refractivity contribution in [1.29, 1.82) is 0 Å². The number of benzene rings is 2. The first-order chi connectivity index (χ1) is 12.5. The normalized spacial score (nSPS) is 14.9. The summed E-state index contributed by atoms with van der Waals surface area (Å²) in [5.74, 6) is 0.138. The van der Waals surface area contributed by atoms with E-state index in [1.54, 1.807) is 11.3 Å². The number of nitrogens with zero attached hydrogens (tertiary/aromatic N) is 3. The van der Waals surface area contributed by atoms with Crippen molar-refractivity contribution in [3.63, 3.8) is 0 Å². The molecule has 0 N–H and O–H groups in total. The maximum Gasteiger partial charge on any atom is 0.254 e. The molecule has 26 heavy (non-hydrogen) atoms. The molecular formula is C21H23N3OS. The fourth-order valence-electron chi connectivity index (χ4n) is 3.47. The van der Waals surface area contributed by atoms with Crippen molar-refractivity contribution in [1.82, 2.24) is 9.88 Å². The lowest BCUT2D eigenvalue weighted by molar-refractivity contribution is 0.0746. The highest BCUT2D eigenvalue weighted by Gasteiger charge is 2.25. The first-order valence-electron chi connectivity index (χ1n) is 9.01. The number of piperazine rings is 1. The molecule has 1 aliphatic rings. The van der Waals surface area contributed by atoms with Crippen LogP contribution < -0.4 is 4.90 Å². The maximum atomic E-state index is 12.8. The molecule has 0 aliphatic carbocycles. The molecule has 2 aromatic carbocycles. The average Bonchev–Trinajstić information content (AvgIpc) is 3.12. The second kappa shape index (κ2) is 6.72. The molecule has 0 bridgehead atoms. The first-order valence-corrected chi connectivity index (χ1v) is 9.83. The van der Waals surface area contributed by atoms with E-state index in [4.69, 9.17) is 4.98 Å². The van der Waals surface area contributed by atoms with E-state index >= 15 is 0 Å². The zero-order chi connectivity index (χ0) is 18.3. The largest absolute Gasteiger partial charge is 0.345 e. The number of aromatic nitrogens is 1. The van der Waals surface area contributed by atoms with Gasteiger partial charge in [-0.1, -0.05) is 41.7 Å². The summed E-state index contributed by atoms with van der Waals surface area (Å²) in [6.45, 7) is 9.38. The lowest BCUT2D eigenvalue weighted by Gasteiger charge is -2.34. The fraction of sp³-hybridized carbons (Fsp3) is 0.333. The molecule has 0 atom stereocenters. The fourth-order valence-corrected chi connectivity index (χ4v) is 4.63. The van der Waals surface area contributed by atoms with Gasteiger partial charge in [-0.05, 0) is 43.5 Å². The maximum absolute atomic E-state index is 12.8. The molecule has 1 amide bonds. The zero-order valence-corrected chi connectivity index (χ0v) is 16.3. The summed E-state index contributed by atoms with van der Waals surface area (Å²) in [5, 5.41) is 1.07. The summed E-state index contributed by atoms with van der Waals surface area (Å²) in [5.41, 5.74) is 5.47. The Labute approximate surface area is 158 Å². The van der Waals surface area contributed by atoms with Gasteiger partial charge in [-0.25, -0.2) is 4.98 Å². The molecule has 0 spiro atoms. The van der Waals surface area contributed by atoms with Crippen LogP contribution >= 0.6 is 11.3 Å². The van der Waals surface area contributed by atoms with E-state index in [0.29, 0.717) is 0 Å². The third-order valence-electron chi connectivity index (χ3n) is 5.14. The van der Waals surface area contributed by atoms with Gasteiger partial charge in [0.25, 0.3) is 5.91 Å². The molecule has 0 unspecified atom stereocenters. The highest BCUT2D eigenvalue weighted by molar-refractivity contribution is 7.22. The van der Waals surface area contributed by atoms with E-state index in [9.17, 15) is 4.79 Å². The third kappa shape index (κ3) is 2.97. The quantitative estimate of drug-likeness (QED) is 0.683. The van der Waals surface area contributed by atoms with Crippen LogP contribution in [-0.2, 0) is 0 Å². The summed E-state index contributed by atoms with van der Waals surface area (Å²) in [6.07, 6.45) is 0. The number of thiazole rings is 1. The van der Waals surface area contributed by atoms with Gasteiger partial charge in [0, 0.05) is 31.7 Å². The highest BCUT2D eigenvalue weighted by Crippen LogP contribution is 2.33. The van der Waals surface area contributed by atoms with Gasteiger partial charge in [-0.2, -0.15) is 0 Å². The Kier molecular flexibility index (Phi) is 4.41. The molecule has 0 radical (unpaired) electrons. The minimum atomic E-state index is 0.138. The lowest BCUT2D eigenvalue weighted by Crippen LogP contribution is -2.48. The molecule has 4 nitrogen and oxygen atoms in total. The van der Waals surface area contributed by atoms with Crippen LogP contribution in [0.2, 0.25) is 0 Å². The van der Waals surface area contributed by atoms with Crippen LogP contribution in [-0.4, -0.2) is 42.0 Å². The van der Waals surface area contributed by atoms with E-state index in [2.05, 4.69) is 30.9 Å². The molecule has 1 aromatic heterocycles. The highest BCUT2D eigenvalue weighted by atomic mass is 32.1. The van der Waals surface area contributed by atoms with Gasteiger partial charge in [-0.3, -0.25) is 4.79 Å². The van der Waals surface area contributed by atoms with Crippen molar-refractivity contribution < 1.29 is 4.79 Å². The summed E-state index contributed by atoms with van der Waals surface area (Å²) >= 11 is 1.76. The minimum Gasteiger partial charge on any atom is -0.345 e. The Morgan fingerprint density at radius 2 is 1.62 bits per heavy atom. The summed E-state index contributed by atoms with van der Waals surface area (Å²) < 4.78 is 1.28. The zero-order valence-electron chi connectivity index (χ0n) is 15.5. The molecule has 0 saturated carbocycles. The Morgan fingerprint density at radius 1 is 0.923 bits per heavy atom. The van der Waals surface area contributed by atoms with E-state index in [0.717, 1.165) is 48.0 Å². The SMILES string of the molecule is Cc1ccccc1C(=O)N1CCN(c2nc3c(C)ccc(C)c3s2)CC1. The second-order valence-electron chi connectivity index (χ2n) is 6.97. The monoisotopic (exact) mass is 365 g/mol. The molecule has 2 heterocycles. The molecular weight excluding hydrogens is 342 g/mol. The van der Waals surface area contributed by atoms with Gasteiger partial charge in [0.1, 0.15) is 0 Å². The van der Waals surface area contributed by atoms with Crippen molar-refractivity contribution in [2.45, 2.75) is 20.8 Å². The number of amides is 1. The number of rotatable bonds is 2. The summed E-state index contributed by atoms with van der Waals surface area (Å²) in [4.78, 5) is 21.9. The van der Waals surface area contributed by atoms with Crippen LogP contribution in [0.25, 0.3) is 10.2 Å². The molecule has 1 fully saturated rings. The Morgan fingerprint density at radius 3 is 2.31 bits per heavy atom. The number of carbonyl (C=O) groups excluding carboxylic acids is 1. The topological polar surface area (TPSA) is 36.4 Å². The van der Waals surface area contributed by atoms with Gasteiger partial charge < -0.3 is 9.80 Å². The van der Waals surface area contributed by atoms with Gasteiger partial charge in [-0.15, -0.1) is 0 Å². The van der Waals surface area contributed by atoms with E-state index in [1.807, 2.05) is 36.1 Å². The number of aryl methyl sites for hydroxylation is 3. The lowest BCUT2D eigenvalue weighted by atomic mass is 10.1. The van der Waals surface area contributed by atoms with Crippen molar-refractivity contribution in [3.8, 4) is 0 Å². The predicted octanol–water partition coefficient (Wildman–Crippen LogP) is 4.18. The summed E-state index contributed by atoms with van der Waals surface area (Å²) in [7, 11) is 0. The minimum absolute atomic E-state index is 0.138. The standard InChI is InChI=1S/C21H23N3OS/c1-14-6-4-5-7-17(14)20(25)23-10-12-24(13-11-23)21-22-18-15(2)8-9-16(3)19(18)26-21/h4-9H,10-13H2,1-3H3. The number of hydrogen-bond acceptors (Lipinski definition) is 4. The van der Waals surface area contributed by atoms with Crippen LogP contribution in [0.15, 0.2) is 36.4 Å². The van der Waals surface area contributed by atoms with Crippen LogP contribution in [0.4, 0.5) is 5.13 Å². The Hall–Kier alpha value is -2.40. The predicted molar refractivity (Wildman–Crippen MR) is 108 cm³/mol. The van der Waals surface area contributed by atoms with Gasteiger partial charge in [0.05, 0.1) is 10.2 Å². The number of anilines is 1. The Bertz CT molecular complexity index is 932. The average molecular weight is 366 g/mol. The van der Waals surface area contributed by atoms with Crippen LogP contribution in [0.5, 0.6) is 0 Å². The van der Waals surface area contributed by atoms with Gasteiger partial charge >= 0.3 is 0 Å². The van der Waals surface area contributed by atoms with Crippen molar-refractivity contribution >= 4 is 32.6 Å². The Balaban J connectivity index is 1.50. The molecule has 1 aliphatic heterocycles. The number of fused-ring (bicyclic) bond motifs is 1. The molecule has 4 rings (SSSR count).